The van der Waals surface area contributed by atoms with Crippen molar-refractivity contribution in [3.8, 4) is 5.75 Å². The number of aromatic nitrogens is 2. The van der Waals surface area contributed by atoms with Gasteiger partial charge in [-0.3, -0.25) is 14.4 Å². The third kappa shape index (κ3) is 7.16. The highest BCUT2D eigenvalue weighted by Crippen LogP contribution is 2.38. The van der Waals surface area contributed by atoms with E-state index in [4.69, 9.17) is 9.84 Å². The number of aliphatic carboxylic acids is 1. The van der Waals surface area contributed by atoms with Crippen LogP contribution in [0.15, 0.2) is 84.3 Å². The Kier molecular flexibility index (Phi) is 9.36. The standard InChI is InChI=1S/C32H33N3O5S/c36-27-11-6-10-23-24(27)13-14-28(40-29(19-35-18-17-33-21-35)22-7-2-1-3-8-22)26(23)20-41-30-12-5-4-9-25(30)32(39)34-16-15-31(37)38/h1-5,7,9,12-14,17-18,21-22,29H,6,8,10-11,15-16,19-20H2,(H,34,39)(H,37,38)/t22?,29-/m1/s1. The maximum absolute atomic E-state index is 12.9. The van der Waals surface area contributed by atoms with E-state index in [0.717, 1.165) is 46.6 Å². The summed E-state index contributed by atoms with van der Waals surface area (Å²) < 4.78 is 8.83. The van der Waals surface area contributed by atoms with Crippen LogP contribution in [0.1, 0.15) is 57.5 Å². The average Bonchev–Trinajstić information content (AvgIpc) is 3.50. The fourth-order valence-electron chi connectivity index (χ4n) is 5.26. The maximum atomic E-state index is 12.9. The van der Waals surface area contributed by atoms with Gasteiger partial charge in [-0.15, -0.1) is 11.8 Å². The summed E-state index contributed by atoms with van der Waals surface area (Å²) in [6.45, 7) is 0.688. The normalized spacial score (nSPS) is 16.7. The van der Waals surface area contributed by atoms with Crippen LogP contribution >= 0.6 is 11.8 Å². The first kappa shape index (κ1) is 28.4. The monoisotopic (exact) mass is 571 g/mol. The molecule has 2 N–H and O–H groups in total. The first-order chi connectivity index (χ1) is 20.0. The highest BCUT2D eigenvalue weighted by Gasteiger charge is 2.27. The van der Waals surface area contributed by atoms with E-state index in [9.17, 15) is 14.4 Å². The van der Waals surface area contributed by atoms with Crippen molar-refractivity contribution in [2.75, 3.05) is 6.54 Å². The van der Waals surface area contributed by atoms with Gasteiger partial charge in [0.2, 0.25) is 0 Å². The Bertz CT molecular complexity index is 1460. The largest absolute Gasteiger partial charge is 0.488 e. The predicted octanol–water partition coefficient (Wildman–Crippen LogP) is 5.48. The molecule has 2 atom stereocenters. The molecule has 1 unspecified atom stereocenters. The molecule has 0 saturated carbocycles. The van der Waals surface area contributed by atoms with Crippen LogP contribution in [0.25, 0.3) is 0 Å². The minimum atomic E-state index is -0.963. The summed E-state index contributed by atoms with van der Waals surface area (Å²) in [4.78, 5) is 41.5. The zero-order valence-corrected chi connectivity index (χ0v) is 23.5. The third-order valence-corrected chi connectivity index (χ3v) is 8.47. The van der Waals surface area contributed by atoms with Crippen LogP contribution in [-0.2, 0) is 23.5 Å². The van der Waals surface area contributed by atoms with E-state index in [-0.39, 0.29) is 36.7 Å². The van der Waals surface area contributed by atoms with E-state index >= 15 is 0 Å². The second kappa shape index (κ2) is 13.5. The number of imidazole rings is 1. The second-order valence-corrected chi connectivity index (χ2v) is 11.2. The predicted molar refractivity (Wildman–Crippen MR) is 157 cm³/mol. The number of Topliss-reactive ketones (excluding diaryl/α,β-unsaturated/α-hetero) is 1. The number of carbonyl (C=O) groups is 3. The molecule has 2 aliphatic rings. The fraction of sp³-hybridized carbons (Fsp3) is 0.312. The molecule has 0 radical (unpaired) electrons. The number of thioether (sulfide) groups is 1. The number of benzene rings is 2. The number of carboxylic acid groups (broad SMARTS) is 1. The van der Waals surface area contributed by atoms with Crippen molar-refractivity contribution in [1.29, 1.82) is 0 Å². The van der Waals surface area contributed by atoms with Crippen LogP contribution in [0.5, 0.6) is 5.75 Å². The second-order valence-electron chi connectivity index (χ2n) is 10.2. The zero-order chi connectivity index (χ0) is 28.6. The molecule has 1 amide bonds. The van der Waals surface area contributed by atoms with Gasteiger partial charge in [0.15, 0.2) is 5.78 Å². The number of nitrogens with one attached hydrogen (secondary N) is 1. The van der Waals surface area contributed by atoms with Crippen LogP contribution in [-0.4, -0.2) is 45.0 Å². The topological polar surface area (TPSA) is 111 Å². The lowest BCUT2D eigenvalue weighted by atomic mass is 9.87. The number of allylic oxidation sites excluding steroid dienone is 3. The third-order valence-electron chi connectivity index (χ3n) is 7.37. The lowest BCUT2D eigenvalue weighted by Crippen LogP contribution is -2.31. The molecule has 1 heterocycles. The lowest BCUT2D eigenvalue weighted by Gasteiger charge is -2.29. The van der Waals surface area contributed by atoms with Gasteiger partial charge in [0.05, 0.1) is 24.9 Å². The fourth-order valence-corrected chi connectivity index (χ4v) is 6.36. The summed E-state index contributed by atoms with van der Waals surface area (Å²) in [6.07, 6.45) is 16.6. The smallest absolute Gasteiger partial charge is 0.305 e. The van der Waals surface area contributed by atoms with E-state index in [1.165, 1.54) is 11.8 Å². The summed E-state index contributed by atoms with van der Waals surface area (Å²) >= 11 is 1.52. The molecule has 0 spiro atoms. The Balaban J connectivity index is 1.43. The molecule has 1 aromatic heterocycles. The Morgan fingerprint density at radius 3 is 2.83 bits per heavy atom. The molecule has 2 aliphatic carbocycles. The molecule has 3 aromatic rings. The molecule has 212 valence electrons. The number of rotatable bonds is 12. The quantitative estimate of drug-likeness (QED) is 0.277. The summed E-state index contributed by atoms with van der Waals surface area (Å²) in [7, 11) is 0. The number of hydrogen-bond donors (Lipinski definition) is 2. The van der Waals surface area contributed by atoms with Crippen LogP contribution in [0.2, 0.25) is 0 Å². The van der Waals surface area contributed by atoms with Gasteiger partial charge >= 0.3 is 5.97 Å². The van der Waals surface area contributed by atoms with Crippen molar-refractivity contribution >= 4 is 29.4 Å². The van der Waals surface area contributed by atoms with Crippen LogP contribution in [0.4, 0.5) is 0 Å². The molecule has 2 aromatic carbocycles. The van der Waals surface area contributed by atoms with Gasteiger partial charge in [-0.2, -0.15) is 0 Å². The summed E-state index contributed by atoms with van der Waals surface area (Å²) in [6, 6.07) is 11.1. The van der Waals surface area contributed by atoms with Crippen LogP contribution < -0.4 is 10.1 Å². The molecular weight excluding hydrogens is 538 g/mol. The van der Waals surface area contributed by atoms with Gasteiger partial charge in [-0.05, 0) is 49.1 Å². The van der Waals surface area contributed by atoms with Crippen molar-refractivity contribution in [2.24, 2.45) is 5.92 Å². The summed E-state index contributed by atoms with van der Waals surface area (Å²) in [5, 5.41) is 11.6. The Morgan fingerprint density at radius 2 is 2.05 bits per heavy atom. The van der Waals surface area contributed by atoms with Crippen molar-refractivity contribution < 1.29 is 24.2 Å². The number of carbonyl (C=O) groups excluding carboxylic acids is 2. The summed E-state index contributed by atoms with van der Waals surface area (Å²) in [5.41, 5.74) is 3.25. The van der Waals surface area contributed by atoms with Gasteiger partial charge in [0.25, 0.3) is 5.91 Å². The van der Waals surface area contributed by atoms with Crippen LogP contribution in [0, 0.1) is 5.92 Å². The molecule has 0 aliphatic heterocycles. The zero-order valence-electron chi connectivity index (χ0n) is 22.7. The first-order valence-corrected chi connectivity index (χ1v) is 14.8. The van der Waals surface area contributed by atoms with E-state index in [2.05, 4.69) is 28.5 Å². The van der Waals surface area contributed by atoms with Crippen molar-refractivity contribution in [2.45, 2.75) is 55.4 Å². The molecule has 5 rings (SSSR count). The Labute approximate surface area is 243 Å². The number of ether oxygens (including phenoxy) is 1. The Morgan fingerprint density at radius 1 is 1.17 bits per heavy atom. The maximum Gasteiger partial charge on any atom is 0.305 e. The molecule has 0 saturated heterocycles. The molecule has 9 heteroatoms. The van der Waals surface area contributed by atoms with Gasteiger partial charge in [-0.1, -0.05) is 36.4 Å². The molecular formula is C32H33N3O5S. The van der Waals surface area contributed by atoms with Gasteiger partial charge in [0.1, 0.15) is 11.9 Å². The van der Waals surface area contributed by atoms with E-state index in [1.807, 2.05) is 41.1 Å². The number of amides is 1. The number of nitrogens with zero attached hydrogens (tertiary/aromatic N) is 2. The molecule has 0 fully saturated rings. The molecule has 0 bridgehead atoms. The minimum absolute atomic E-state index is 0.0581. The summed E-state index contributed by atoms with van der Waals surface area (Å²) in [5.74, 6) is 0.322. The van der Waals surface area contributed by atoms with Gasteiger partial charge < -0.3 is 19.7 Å². The number of fused-ring (bicyclic) bond motifs is 1. The Hall–Kier alpha value is -4.11. The average molecular weight is 572 g/mol. The van der Waals surface area contributed by atoms with E-state index in [0.29, 0.717) is 24.3 Å². The highest BCUT2D eigenvalue weighted by atomic mass is 32.2. The first-order valence-electron chi connectivity index (χ1n) is 13.8. The van der Waals surface area contributed by atoms with Crippen LogP contribution in [0.3, 0.4) is 0 Å². The van der Waals surface area contributed by atoms with E-state index < -0.39 is 5.97 Å². The van der Waals surface area contributed by atoms with Gasteiger partial charge in [-0.25, -0.2) is 4.98 Å². The SMILES string of the molecule is O=C(O)CCNC(=O)c1ccccc1SCc1c(O[C@H](Cn2ccnc2)C2C=CC=CC2)ccc2c1CCCC2=O. The minimum Gasteiger partial charge on any atom is -0.488 e. The van der Waals surface area contributed by atoms with Crippen molar-refractivity contribution in [3.05, 3.63) is 102 Å². The van der Waals surface area contributed by atoms with E-state index in [1.54, 1.807) is 24.7 Å². The van der Waals surface area contributed by atoms with Crippen molar-refractivity contribution in [3.63, 3.8) is 0 Å². The highest BCUT2D eigenvalue weighted by molar-refractivity contribution is 7.98. The lowest BCUT2D eigenvalue weighted by molar-refractivity contribution is -0.136. The number of hydrogen-bond acceptors (Lipinski definition) is 6. The number of ketones is 1. The molecule has 8 nitrogen and oxygen atoms in total. The number of carboxylic acids is 1. The van der Waals surface area contributed by atoms with Crippen molar-refractivity contribution in [1.82, 2.24) is 14.9 Å². The van der Waals surface area contributed by atoms with Gasteiger partial charge in [0, 0.05) is 53.1 Å². The molecule has 41 heavy (non-hydrogen) atoms.